The van der Waals surface area contributed by atoms with E-state index in [0.717, 1.165) is 27.8 Å². The third-order valence-electron chi connectivity index (χ3n) is 5.18. The van der Waals surface area contributed by atoms with Gasteiger partial charge in [-0.05, 0) is 59.2 Å². The van der Waals surface area contributed by atoms with E-state index in [1.807, 2.05) is 38.4 Å². The summed E-state index contributed by atoms with van der Waals surface area (Å²) in [5.74, 6) is 0.730. The van der Waals surface area contributed by atoms with Gasteiger partial charge in [0.25, 0.3) is 8.32 Å². The molecule has 140 valence electrons. The number of rotatable bonds is 4. The lowest BCUT2D eigenvalue weighted by atomic mass is 10.0. The summed E-state index contributed by atoms with van der Waals surface area (Å²) in [6.45, 7) is 11.0. The maximum atomic E-state index is 9.17. The van der Waals surface area contributed by atoms with E-state index in [2.05, 4.69) is 57.0 Å². The first-order valence-corrected chi connectivity index (χ1v) is 11.9. The molecule has 0 saturated heterocycles. The average Bonchev–Trinajstić information content (AvgIpc) is 2.57. The van der Waals surface area contributed by atoms with Crippen LogP contribution in [0.4, 0.5) is 5.69 Å². The molecule has 2 aromatic carbocycles. The molecule has 0 aliphatic rings. The molecule has 0 amide bonds. The smallest absolute Gasteiger partial charge is 0.250 e. The molecule has 0 spiro atoms. The molecule has 0 radical (unpaired) electrons. The molecule has 0 aliphatic carbocycles. The largest absolute Gasteiger partial charge is 0.543 e. The van der Waals surface area contributed by atoms with Crippen molar-refractivity contribution in [1.82, 2.24) is 0 Å². The van der Waals surface area contributed by atoms with Gasteiger partial charge in [0.2, 0.25) is 0 Å². The molecule has 4 nitrogen and oxygen atoms in total. The second-order valence-corrected chi connectivity index (χ2v) is 13.2. The highest BCUT2D eigenvalue weighted by molar-refractivity contribution is 6.74. The minimum absolute atomic E-state index is 0.0434. The van der Waals surface area contributed by atoms with Crippen LogP contribution in [0.1, 0.15) is 26.3 Å². The van der Waals surface area contributed by atoms with E-state index in [4.69, 9.17) is 4.43 Å². The van der Waals surface area contributed by atoms with Crippen molar-refractivity contribution < 1.29 is 4.43 Å². The van der Waals surface area contributed by atoms with E-state index in [9.17, 15) is 10.5 Å². The highest BCUT2D eigenvalue weighted by Crippen LogP contribution is 2.40. The van der Waals surface area contributed by atoms with Gasteiger partial charge in [-0.25, -0.2) is 0 Å². The lowest BCUT2D eigenvalue weighted by Crippen LogP contribution is -2.44. The van der Waals surface area contributed by atoms with Gasteiger partial charge in [-0.1, -0.05) is 26.8 Å². The quantitative estimate of drug-likeness (QED) is 0.505. The van der Waals surface area contributed by atoms with Crippen molar-refractivity contribution in [1.29, 1.82) is 10.5 Å². The SMILES string of the molecule is CN(C)c1ccc2cc(C=C(C#N)C#N)c(O[Si](C)(C)C(C)(C)C)cc2c1. The molecule has 0 unspecified atom stereocenters. The van der Waals surface area contributed by atoms with Gasteiger partial charge >= 0.3 is 0 Å². The van der Waals surface area contributed by atoms with Gasteiger partial charge in [0.05, 0.1) is 0 Å². The van der Waals surface area contributed by atoms with Crippen LogP contribution in [0.25, 0.3) is 16.8 Å². The van der Waals surface area contributed by atoms with E-state index in [-0.39, 0.29) is 10.6 Å². The maximum absolute atomic E-state index is 9.17. The zero-order chi connectivity index (χ0) is 20.4. The monoisotopic (exact) mass is 377 g/mol. The number of fused-ring (bicyclic) bond motifs is 1. The van der Waals surface area contributed by atoms with Crippen LogP contribution < -0.4 is 9.33 Å². The van der Waals surface area contributed by atoms with Gasteiger partial charge in [0.15, 0.2) is 0 Å². The standard InChI is InChI=1S/C22H27N3OSi/c1-22(2,3)27(6,7)26-21-13-18-12-20(25(4)5)9-8-17(18)11-19(21)10-16(14-23)15-24/h8-13H,1-7H3. The number of hydrogen-bond acceptors (Lipinski definition) is 4. The topological polar surface area (TPSA) is 60.0 Å². The Bertz CT molecular complexity index is 954. The molecule has 0 atom stereocenters. The zero-order valence-corrected chi connectivity index (χ0v) is 18.2. The van der Waals surface area contributed by atoms with Crippen LogP contribution in [0.5, 0.6) is 5.75 Å². The van der Waals surface area contributed by atoms with Gasteiger partial charge in [-0.2, -0.15) is 10.5 Å². The summed E-state index contributed by atoms with van der Waals surface area (Å²) in [7, 11) is 1.95. The van der Waals surface area contributed by atoms with Gasteiger partial charge in [-0.15, -0.1) is 0 Å². The van der Waals surface area contributed by atoms with E-state index >= 15 is 0 Å². The Labute approximate surface area is 163 Å². The van der Waals surface area contributed by atoms with Crippen molar-refractivity contribution in [3.8, 4) is 17.9 Å². The third kappa shape index (κ3) is 4.50. The fourth-order valence-corrected chi connectivity index (χ4v) is 3.47. The fraction of sp³-hybridized carbons (Fsp3) is 0.364. The van der Waals surface area contributed by atoms with Crippen LogP contribution in [0.15, 0.2) is 35.9 Å². The van der Waals surface area contributed by atoms with Crippen molar-refractivity contribution in [2.45, 2.75) is 38.9 Å². The molecular formula is C22H27N3OSi. The second-order valence-electron chi connectivity index (χ2n) is 8.46. The van der Waals surface area contributed by atoms with Crippen LogP contribution in [0.2, 0.25) is 18.1 Å². The first-order chi connectivity index (χ1) is 12.5. The van der Waals surface area contributed by atoms with Crippen LogP contribution in [0.3, 0.4) is 0 Å². The first-order valence-electron chi connectivity index (χ1n) is 8.94. The molecule has 0 fully saturated rings. The third-order valence-corrected chi connectivity index (χ3v) is 9.52. The minimum Gasteiger partial charge on any atom is -0.543 e. The molecule has 5 heteroatoms. The van der Waals surface area contributed by atoms with Gasteiger partial charge in [0, 0.05) is 25.3 Å². The van der Waals surface area contributed by atoms with Crippen LogP contribution >= 0.6 is 0 Å². The Balaban J connectivity index is 2.71. The summed E-state index contributed by atoms with van der Waals surface area (Å²) < 4.78 is 6.56. The van der Waals surface area contributed by atoms with Gasteiger partial charge in [0.1, 0.15) is 23.5 Å². The molecule has 0 heterocycles. The number of nitrogens with zero attached hydrogens (tertiary/aromatic N) is 3. The second kappa shape index (κ2) is 7.46. The minimum atomic E-state index is -2.08. The summed E-state index contributed by atoms with van der Waals surface area (Å²) in [4.78, 5) is 2.06. The Morgan fingerprint density at radius 1 is 1.04 bits per heavy atom. The summed E-state index contributed by atoms with van der Waals surface area (Å²) >= 11 is 0. The van der Waals surface area contributed by atoms with Crippen LogP contribution in [-0.4, -0.2) is 22.4 Å². The predicted octanol–water partition coefficient (Wildman–Crippen LogP) is 5.72. The van der Waals surface area contributed by atoms with E-state index in [1.165, 1.54) is 0 Å². The first kappa shape index (κ1) is 20.5. The highest BCUT2D eigenvalue weighted by Gasteiger charge is 2.39. The lowest BCUT2D eigenvalue weighted by Gasteiger charge is -2.37. The summed E-state index contributed by atoms with van der Waals surface area (Å²) in [6, 6.07) is 14.1. The Morgan fingerprint density at radius 2 is 1.67 bits per heavy atom. The number of nitriles is 2. The van der Waals surface area contributed by atoms with Crippen molar-refractivity contribution >= 4 is 30.9 Å². The van der Waals surface area contributed by atoms with Crippen molar-refractivity contribution in [2.75, 3.05) is 19.0 Å². The van der Waals surface area contributed by atoms with Crippen LogP contribution in [-0.2, 0) is 0 Å². The van der Waals surface area contributed by atoms with E-state index in [0.29, 0.717) is 0 Å². The Morgan fingerprint density at radius 3 is 2.19 bits per heavy atom. The summed E-state index contributed by atoms with van der Waals surface area (Å²) in [5.41, 5.74) is 1.95. The van der Waals surface area contributed by atoms with Gasteiger partial charge < -0.3 is 9.33 Å². The zero-order valence-electron chi connectivity index (χ0n) is 17.2. The highest BCUT2D eigenvalue weighted by atomic mass is 28.4. The normalized spacial score (nSPS) is 11.4. The molecular weight excluding hydrogens is 350 g/mol. The summed E-state index contributed by atoms with van der Waals surface area (Å²) in [6.07, 6.45) is 1.61. The Hall–Kier alpha value is -2.76. The fourth-order valence-electron chi connectivity index (χ4n) is 2.43. The van der Waals surface area contributed by atoms with Crippen LogP contribution in [0, 0.1) is 22.7 Å². The lowest BCUT2D eigenvalue weighted by molar-refractivity contribution is 0.492. The predicted molar refractivity (Wildman–Crippen MR) is 115 cm³/mol. The number of hydrogen-bond donors (Lipinski definition) is 0. The molecule has 0 aliphatic heterocycles. The van der Waals surface area contributed by atoms with Gasteiger partial charge in [-0.3, -0.25) is 0 Å². The van der Waals surface area contributed by atoms with Crippen molar-refractivity contribution in [2.24, 2.45) is 0 Å². The van der Waals surface area contributed by atoms with E-state index in [1.54, 1.807) is 6.08 Å². The number of allylic oxidation sites excluding steroid dienone is 1. The molecule has 2 rings (SSSR count). The van der Waals surface area contributed by atoms with E-state index < -0.39 is 8.32 Å². The molecule has 2 aromatic rings. The number of benzene rings is 2. The molecule has 0 bridgehead atoms. The molecule has 0 N–H and O–H groups in total. The molecule has 27 heavy (non-hydrogen) atoms. The molecule has 0 saturated carbocycles. The molecule has 0 aromatic heterocycles. The average molecular weight is 378 g/mol. The Kier molecular flexibility index (Phi) is 5.68. The maximum Gasteiger partial charge on any atom is 0.250 e. The summed E-state index contributed by atoms with van der Waals surface area (Å²) in [5, 5.41) is 20.5. The van der Waals surface area contributed by atoms with Crippen molar-refractivity contribution in [3.63, 3.8) is 0 Å². The van der Waals surface area contributed by atoms with Crippen molar-refractivity contribution in [3.05, 3.63) is 41.5 Å². The number of anilines is 1.